The van der Waals surface area contributed by atoms with Crippen molar-refractivity contribution in [3.05, 3.63) is 141 Å². The molecule has 6 spiro atoms. The minimum atomic E-state index is -2.39. The topological polar surface area (TPSA) is 256 Å². The Labute approximate surface area is 576 Å². The van der Waals surface area contributed by atoms with Gasteiger partial charge >= 0.3 is 0 Å². The normalized spacial score (nSPS) is 44.2. The van der Waals surface area contributed by atoms with Gasteiger partial charge in [0, 0.05) is 34.6 Å². The highest BCUT2D eigenvalue weighted by Crippen LogP contribution is 2.82. The molecule has 10 N–H and O–H groups in total. The number of hydrogen-bond acceptors (Lipinski definition) is 17. The first-order valence-corrected chi connectivity index (χ1v) is 39.4. The maximum Gasteiger partial charge on any atom is 0.229 e. The third-order valence-corrected chi connectivity index (χ3v) is 32.8. The Morgan fingerprint density at radius 1 is 0.742 bits per heavy atom. The van der Waals surface area contributed by atoms with Gasteiger partial charge in [0.05, 0.1) is 42.0 Å². The number of Topliss-reactive ketones (excluding diaryl/α,β-unsaturated/α-hetero) is 2. The molecular weight excluding hydrogens is 1260 g/mol. The van der Waals surface area contributed by atoms with Crippen LogP contribution in [0.25, 0.3) is 0 Å². The van der Waals surface area contributed by atoms with Gasteiger partial charge < -0.3 is 65.8 Å². The van der Waals surface area contributed by atoms with Gasteiger partial charge in [0.2, 0.25) is 6.29 Å². The summed E-state index contributed by atoms with van der Waals surface area (Å²) in [5.41, 5.74) is -1.54. The number of phenolic OH excluding ortho intramolecular Hbond substituents is 1. The fraction of sp³-hybridized carbons (Fsp3) is 0.637. The van der Waals surface area contributed by atoms with Crippen molar-refractivity contribution in [1.29, 1.82) is 0 Å². The van der Waals surface area contributed by atoms with Crippen LogP contribution in [0.4, 0.5) is 0 Å². The lowest BCUT2D eigenvalue weighted by molar-refractivity contribution is -0.392. The molecule has 17 heteroatoms. The second kappa shape index (κ2) is 22.8. The lowest BCUT2D eigenvalue weighted by atomic mass is 9.46. The number of allylic oxidation sites excluding steroid dienone is 6. The standard InChI is InChI=1S/C80H96N2O13S2/c83-38-47-10-5-8-45(24-47)26-49-30-61(87)79-62-17-21-76(92)20-2-1-11-52(76)15-16-56(49)65(79)66(88)57-13-7-14-60(64(57)68(79)89)94-70-69(90)80(93)67-51(34-77(43-85,95-70)71(80)91)28-50-29-53-36-73(42-78(53,67)59-31-63(81-37-58(50)59)82-44-96-97-62)40-72(35-54(73)39-84)22-23-75(41-72)33-48(32-74(75)18-3-4-19-74)25-46-9-6-12-55(86)27-46/h5-10,12-14,24,27,30-31,39,48,50-54,62,65,67,69-71,81-83,85-87,90-93H,1-4,11,15-23,25-26,28-29,32-38,40-44H2. The van der Waals surface area contributed by atoms with Crippen LogP contribution in [0.3, 0.4) is 0 Å². The van der Waals surface area contributed by atoms with Crippen molar-refractivity contribution in [2.75, 3.05) is 19.0 Å². The predicted octanol–water partition coefficient (Wildman–Crippen LogP) is 11.7. The van der Waals surface area contributed by atoms with Crippen molar-refractivity contribution in [3.8, 4) is 11.5 Å². The van der Waals surface area contributed by atoms with Crippen LogP contribution in [-0.4, -0.2) is 118 Å². The van der Waals surface area contributed by atoms with Crippen LogP contribution in [0.5, 0.6) is 11.5 Å². The molecule has 516 valence electrons. The number of aromatic hydroxyl groups is 1. The average Bonchev–Trinajstić information content (AvgIpc) is 1.58. The molecule has 20 atom stereocenters. The van der Waals surface area contributed by atoms with Crippen molar-refractivity contribution in [1.82, 2.24) is 10.6 Å². The molecule has 97 heavy (non-hydrogen) atoms. The Hall–Kier alpha value is -4.95. The van der Waals surface area contributed by atoms with Crippen molar-refractivity contribution in [2.24, 2.45) is 79.8 Å². The number of aliphatic hydroxyl groups is 7. The van der Waals surface area contributed by atoms with E-state index in [9.17, 15) is 45.6 Å². The molecular formula is C80H96N2O13S2. The zero-order chi connectivity index (χ0) is 66.4. The molecule has 11 bridgehead atoms. The van der Waals surface area contributed by atoms with Crippen molar-refractivity contribution in [2.45, 2.75) is 214 Å². The highest BCUT2D eigenvalue weighted by Gasteiger charge is 2.80. The Morgan fingerprint density at radius 2 is 1.55 bits per heavy atom. The molecule has 3 heterocycles. The van der Waals surface area contributed by atoms with Crippen molar-refractivity contribution < 1.29 is 64.7 Å². The maximum absolute atomic E-state index is 17.0. The summed E-state index contributed by atoms with van der Waals surface area (Å²) in [4.78, 5) is 47.8. The number of carbonyl (C=O) groups is 3. The molecule has 0 aromatic heterocycles. The molecule has 13 aliphatic carbocycles. The largest absolute Gasteiger partial charge is 0.511 e. The molecule has 3 aromatic rings. The van der Waals surface area contributed by atoms with Gasteiger partial charge in [0.25, 0.3) is 0 Å². The van der Waals surface area contributed by atoms with E-state index in [4.69, 9.17) is 9.47 Å². The third-order valence-electron chi connectivity index (χ3n) is 30.1. The van der Waals surface area contributed by atoms with E-state index in [1.165, 1.54) is 71.1 Å². The number of fused-ring (bicyclic) bond motifs is 4. The van der Waals surface area contributed by atoms with Crippen molar-refractivity contribution in [3.63, 3.8) is 0 Å². The first-order valence-electron chi connectivity index (χ1n) is 37.1. The van der Waals surface area contributed by atoms with E-state index in [2.05, 4.69) is 22.8 Å². The van der Waals surface area contributed by atoms with Crippen LogP contribution >= 0.6 is 21.6 Å². The van der Waals surface area contributed by atoms with E-state index in [1.807, 2.05) is 36.4 Å². The van der Waals surface area contributed by atoms with E-state index in [-0.39, 0.29) is 93.7 Å². The number of aldehydes is 1. The number of aliphatic hydroxyl groups excluding tert-OH is 5. The molecule has 0 amide bonds. The van der Waals surface area contributed by atoms with E-state index in [1.54, 1.807) is 30.3 Å². The van der Waals surface area contributed by atoms with Crippen LogP contribution in [0.15, 0.2) is 113 Å². The zero-order valence-corrected chi connectivity index (χ0v) is 57.3. The lowest BCUT2D eigenvalue weighted by Gasteiger charge is -2.65. The Bertz CT molecular complexity index is 3920. The summed E-state index contributed by atoms with van der Waals surface area (Å²) in [6, 6.07) is 20.3. The summed E-state index contributed by atoms with van der Waals surface area (Å²) < 4.78 is 14.0. The van der Waals surface area contributed by atoms with Gasteiger partial charge in [-0.1, -0.05) is 101 Å². The SMILES string of the molecule is O=CC1CC2(CCC3(CC(Cc4cccc(O)c4)CC34CCCC4)C2)CC12CC1CC3CC4CC5(CO)OC6Oc7cccc8c7C(=O)C79C(O)=CC(Cc%10cccc(CO)c%10)=C(CCC%10CCCCC%10(O)CCC7SSCNC7=CC(=C3CN7)C1(C2)C4C(O)(C6O)C5O)C9C8=O. The quantitative estimate of drug-likeness (QED) is 0.0779. The van der Waals surface area contributed by atoms with Crippen LogP contribution in [0.2, 0.25) is 0 Å². The molecule has 16 aliphatic rings. The summed E-state index contributed by atoms with van der Waals surface area (Å²) in [5.74, 6) is -1.93. The van der Waals surface area contributed by atoms with Gasteiger partial charge in [0.15, 0.2) is 11.6 Å². The van der Waals surface area contributed by atoms with E-state index in [0.29, 0.717) is 69.0 Å². The fourth-order valence-electron chi connectivity index (χ4n) is 26.8. The minimum absolute atomic E-state index is 0.0431. The van der Waals surface area contributed by atoms with Crippen molar-refractivity contribution >= 4 is 39.4 Å². The molecule has 10 fully saturated rings. The number of benzene rings is 3. The molecule has 20 unspecified atom stereocenters. The second-order valence-corrected chi connectivity index (χ2v) is 36.8. The summed E-state index contributed by atoms with van der Waals surface area (Å²) in [6.45, 7) is -0.358. The van der Waals surface area contributed by atoms with Gasteiger partial charge in [0.1, 0.15) is 52.4 Å². The molecule has 0 radical (unpaired) electrons. The van der Waals surface area contributed by atoms with Gasteiger partial charge in [-0.2, -0.15) is 0 Å². The maximum atomic E-state index is 17.0. The van der Waals surface area contributed by atoms with Gasteiger partial charge in [-0.15, -0.1) is 0 Å². The predicted molar refractivity (Wildman–Crippen MR) is 367 cm³/mol. The fourth-order valence-corrected chi connectivity index (χ4v) is 29.6. The molecule has 1 saturated heterocycles. The number of dihydropyridines is 1. The number of rotatable bonds is 7. The summed E-state index contributed by atoms with van der Waals surface area (Å²) >= 11 is 0. The number of carbonyl (C=O) groups excluding carboxylic acids is 3. The van der Waals surface area contributed by atoms with Gasteiger partial charge in [-0.3, -0.25) is 9.59 Å². The highest BCUT2D eigenvalue weighted by molar-refractivity contribution is 8.76. The first kappa shape index (κ1) is 64.2. The van der Waals surface area contributed by atoms with Gasteiger partial charge in [-0.25, -0.2) is 0 Å². The second-order valence-electron chi connectivity index (χ2n) is 34.3. The van der Waals surface area contributed by atoms with Crippen LogP contribution in [0, 0.1) is 79.8 Å². The van der Waals surface area contributed by atoms with E-state index in [0.717, 1.165) is 111 Å². The monoisotopic (exact) mass is 1360 g/mol. The molecule has 3 aromatic carbocycles. The highest BCUT2D eigenvalue weighted by atomic mass is 33.1. The smallest absolute Gasteiger partial charge is 0.229 e. The number of phenols is 1. The summed E-state index contributed by atoms with van der Waals surface area (Å²) in [5, 5.41) is 108. The van der Waals surface area contributed by atoms with Crippen LogP contribution in [0.1, 0.15) is 192 Å². The number of nitrogens with one attached hydrogen (secondary N) is 2. The van der Waals surface area contributed by atoms with Crippen LogP contribution in [-0.2, 0) is 29.0 Å². The first-order chi connectivity index (χ1) is 46.8. The summed E-state index contributed by atoms with van der Waals surface area (Å²) in [7, 11) is 2.98. The average molecular weight is 1360 g/mol. The zero-order valence-electron chi connectivity index (χ0n) is 55.7. The Morgan fingerprint density at radius 3 is 2.37 bits per heavy atom. The molecule has 15 nitrogen and oxygen atoms in total. The number of ketones is 2. The van der Waals surface area contributed by atoms with E-state index < -0.39 is 81.0 Å². The van der Waals surface area contributed by atoms with Crippen LogP contribution < -0.4 is 15.4 Å². The Balaban J connectivity index is 0.760. The number of hydrogen-bond donors (Lipinski definition) is 10. The molecule has 19 rings (SSSR count). The lowest BCUT2D eigenvalue weighted by Crippen LogP contribution is -2.81. The van der Waals surface area contributed by atoms with Gasteiger partial charge in [-0.05, 0) is 256 Å². The number of ether oxygens (including phenoxy) is 2. The molecule has 9 saturated carbocycles. The summed E-state index contributed by atoms with van der Waals surface area (Å²) in [6.07, 6.45) is 21.2. The minimum Gasteiger partial charge on any atom is -0.511 e. The molecule has 3 aliphatic heterocycles. The Kier molecular flexibility index (Phi) is 15.1. The van der Waals surface area contributed by atoms with E-state index >= 15 is 9.59 Å². The third kappa shape index (κ3) is 9.08.